The third-order valence-electron chi connectivity index (χ3n) is 3.64. The number of carbonyl (C=O) groups is 1. The Morgan fingerprint density at radius 3 is 2.78 bits per heavy atom. The fraction of sp³-hybridized carbons (Fsp3) is 0.688. The molecule has 1 fully saturated rings. The number of anilines is 1. The Balaban J connectivity index is 2.04. The third kappa shape index (κ3) is 4.96. The van der Waals surface area contributed by atoms with Crippen LogP contribution in [0.25, 0.3) is 0 Å². The second kappa shape index (κ2) is 6.91. The Morgan fingerprint density at radius 1 is 1.48 bits per heavy atom. The van der Waals surface area contributed by atoms with E-state index in [9.17, 15) is 4.79 Å². The van der Waals surface area contributed by atoms with Gasteiger partial charge in [-0.05, 0) is 46.6 Å². The maximum absolute atomic E-state index is 12.3. The highest BCUT2D eigenvalue weighted by Crippen LogP contribution is 2.23. The van der Waals surface area contributed by atoms with E-state index in [0.29, 0.717) is 17.6 Å². The Labute approximate surface area is 142 Å². The second-order valence-corrected chi connectivity index (χ2v) is 7.37. The van der Waals surface area contributed by atoms with Gasteiger partial charge in [-0.3, -0.25) is 0 Å². The van der Waals surface area contributed by atoms with Gasteiger partial charge in [0.1, 0.15) is 10.8 Å². The quantitative estimate of drug-likeness (QED) is 0.790. The molecule has 7 heteroatoms. The lowest BCUT2D eigenvalue weighted by atomic mass is 10.2. The summed E-state index contributed by atoms with van der Waals surface area (Å²) >= 11 is 6.00. The number of hydrogen-bond acceptors (Lipinski definition) is 5. The van der Waals surface area contributed by atoms with Crippen LogP contribution in [0.2, 0.25) is 5.15 Å². The largest absolute Gasteiger partial charge is 0.444 e. The minimum Gasteiger partial charge on any atom is -0.444 e. The molecular formula is C16H25ClN4O2. The molecule has 0 saturated carbocycles. The molecule has 128 valence electrons. The number of aromatic nitrogens is 2. The Kier molecular flexibility index (Phi) is 5.34. The lowest BCUT2D eigenvalue weighted by Crippen LogP contribution is -2.44. The Hall–Kier alpha value is -1.56. The maximum atomic E-state index is 12.3. The molecule has 1 aromatic rings. The zero-order valence-electron chi connectivity index (χ0n) is 14.5. The van der Waals surface area contributed by atoms with E-state index in [-0.39, 0.29) is 12.1 Å². The molecule has 1 aliphatic rings. The molecule has 0 radical (unpaired) electrons. The average Bonchev–Trinajstić information content (AvgIpc) is 2.83. The number of carbonyl (C=O) groups excluding carboxylic acids is 1. The summed E-state index contributed by atoms with van der Waals surface area (Å²) in [5, 5.41) is 0.426. The number of halogens is 1. The molecule has 6 nitrogen and oxygen atoms in total. The van der Waals surface area contributed by atoms with Crippen molar-refractivity contribution in [2.24, 2.45) is 0 Å². The summed E-state index contributed by atoms with van der Waals surface area (Å²) in [6.07, 6.45) is 1.67. The highest BCUT2D eigenvalue weighted by molar-refractivity contribution is 6.29. The van der Waals surface area contributed by atoms with Crippen LogP contribution in [0, 0.1) is 6.92 Å². The first kappa shape index (κ1) is 17.8. The van der Waals surface area contributed by atoms with Gasteiger partial charge in [-0.2, -0.15) is 0 Å². The average molecular weight is 341 g/mol. The van der Waals surface area contributed by atoms with Crippen molar-refractivity contribution in [1.29, 1.82) is 0 Å². The van der Waals surface area contributed by atoms with Crippen LogP contribution in [0.5, 0.6) is 0 Å². The minimum atomic E-state index is -0.483. The van der Waals surface area contributed by atoms with E-state index in [0.717, 1.165) is 25.1 Å². The van der Waals surface area contributed by atoms with Crippen LogP contribution >= 0.6 is 11.6 Å². The molecule has 0 aliphatic carbocycles. The van der Waals surface area contributed by atoms with Crippen LogP contribution in [0.4, 0.5) is 10.7 Å². The number of likely N-dealkylation sites (N-methyl/N-ethyl adjacent to an activating group) is 1. The lowest BCUT2D eigenvalue weighted by Gasteiger charge is -2.31. The first-order valence-electron chi connectivity index (χ1n) is 7.87. The summed E-state index contributed by atoms with van der Waals surface area (Å²) in [6.45, 7) is 8.90. The van der Waals surface area contributed by atoms with Crippen LogP contribution in [-0.2, 0) is 4.74 Å². The van der Waals surface area contributed by atoms with Crippen LogP contribution in [0.15, 0.2) is 6.07 Å². The lowest BCUT2D eigenvalue weighted by molar-refractivity contribution is 0.0231. The summed E-state index contributed by atoms with van der Waals surface area (Å²) < 4.78 is 5.49. The molecule has 0 N–H and O–H groups in total. The van der Waals surface area contributed by atoms with Gasteiger partial charge in [0.15, 0.2) is 0 Å². The number of amides is 1. The molecule has 1 aromatic heterocycles. The van der Waals surface area contributed by atoms with Gasteiger partial charge in [-0.25, -0.2) is 14.8 Å². The van der Waals surface area contributed by atoms with Gasteiger partial charge >= 0.3 is 6.09 Å². The number of likely N-dealkylation sites (tertiary alicyclic amines) is 1. The van der Waals surface area contributed by atoms with Crippen molar-refractivity contribution in [3.05, 3.63) is 16.9 Å². The number of aryl methyl sites for hydroxylation is 1. The number of rotatable bonds is 3. The molecule has 2 rings (SSSR count). The molecule has 0 aromatic carbocycles. The zero-order valence-corrected chi connectivity index (χ0v) is 15.2. The molecule has 0 bridgehead atoms. The number of nitrogens with zero attached hydrogens (tertiary/aromatic N) is 4. The highest BCUT2D eigenvalue weighted by Gasteiger charge is 2.33. The summed E-state index contributed by atoms with van der Waals surface area (Å²) in [4.78, 5) is 24.7. The van der Waals surface area contributed by atoms with Crippen molar-refractivity contribution in [3.63, 3.8) is 0 Å². The zero-order chi connectivity index (χ0) is 17.2. The van der Waals surface area contributed by atoms with Crippen molar-refractivity contribution >= 4 is 23.6 Å². The normalized spacial score (nSPS) is 18.2. The molecule has 0 spiro atoms. The molecule has 1 amide bonds. The van der Waals surface area contributed by atoms with Crippen molar-refractivity contribution in [1.82, 2.24) is 14.9 Å². The van der Waals surface area contributed by atoms with E-state index < -0.39 is 5.60 Å². The molecule has 0 unspecified atom stereocenters. The van der Waals surface area contributed by atoms with Crippen LogP contribution in [0.3, 0.4) is 0 Å². The van der Waals surface area contributed by atoms with E-state index in [1.807, 2.05) is 39.6 Å². The van der Waals surface area contributed by atoms with Gasteiger partial charge in [0.25, 0.3) is 0 Å². The SMILES string of the molecule is Cc1cc(Cl)nc(N(C)C[C@H]2CCCN2C(=O)OC(C)(C)C)n1. The van der Waals surface area contributed by atoms with Crippen molar-refractivity contribution in [3.8, 4) is 0 Å². The molecule has 1 saturated heterocycles. The summed E-state index contributed by atoms with van der Waals surface area (Å²) in [6, 6.07) is 1.82. The Morgan fingerprint density at radius 2 is 2.17 bits per heavy atom. The standard InChI is InChI=1S/C16H25ClN4O2/c1-11-9-13(17)19-14(18-11)20(5)10-12-7-6-8-21(12)15(22)23-16(2,3)4/h9,12H,6-8,10H2,1-5H3/t12-/m1/s1. The van der Waals surface area contributed by atoms with Gasteiger partial charge in [0, 0.05) is 25.8 Å². The predicted octanol–water partition coefficient (Wildman–Crippen LogP) is 3.27. The topological polar surface area (TPSA) is 58.6 Å². The molecule has 1 aliphatic heterocycles. The molecular weight excluding hydrogens is 316 g/mol. The number of ether oxygens (including phenoxy) is 1. The van der Waals surface area contributed by atoms with Gasteiger partial charge in [0.05, 0.1) is 6.04 Å². The smallest absolute Gasteiger partial charge is 0.410 e. The second-order valence-electron chi connectivity index (χ2n) is 6.98. The van der Waals surface area contributed by atoms with E-state index in [1.165, 1.54) is 0 Å². The van der Waals surface area contributed by atoms with E-state index in [4.69, 9.17) is 16.3 Å². The first-order chi connectivity index (χ1) is 10.7. The summed E-state index contributed by atoms with van der Waals surface area (Å²) in [7, 11) is 1.91. The van der Waals surface area contributed by atoms with Crippen molar-refractivity contribution in [2.75, 3.05) is 25.0 Å². The van der Waals surface area contributed by atoms with E-state index >= 15 is 0 Å². The van der Waals surface area contributed by atoms with Gasteiger partial charge in [-0.1, -0.05) is 11.6 Å². The fourth-order valence-electron chi connectivity index (χ4n) is 2.67. The number of hydrogen-bond donors (Lipinski definition) is 0. The molecule has 2 heterocycles. The van der Waals surface area contributed by atoms with Gasteiger partial charge in [0.2, 0.25) is 5.95 Å². The highest BCUT2D eigenvalue weighted by atomic mass is 35.5. The predicted molar refractivity (Wildman–Crippen MR) is 91.0 cm³/mol. The van der Waals surface area contributed by atoms with Crippen LogP contribution < -0.4 is 4.90 Å². The van der Waals surface area contributed by atoms with Gasteiger partial charge in [-0.15, -0.1) is 0 Å². The van der Waals surface area contributed by atoms with Crippen LogP contribution in [0.1, 0.15) is 39.3 Å². The van der Waals surface area contributed by atoms with Crippen LogP contribution in [-0.4, -0.2) is 52.7 Å². The first-order valence-corrected chi connectivity index (χ1v) is 8.25. The van der Waals surface area contributed by atoms with Crippen molar-refractivity contribution in [2.45, 2.75) is 52.2 Å². The minimum absolute atomic E-state index is 0.0951. The molecule has 1 atom stereocenters. The monoisotopic (exact) mass is 340 g/mol. The third-order valence-corrected chi connectivity index (χ3v) is 3.84. The summed E-state index contributed by atoms with van der Waals surface area (Å²) in [5.41, 5.74) is 0.339. The molecule has 23 heavy (non-hydrogen) atoms. The maximum Gasteiger partial charge on any atom is 0.410 e. The van der Waals surface area contributed by atoms with Gasteiger partial charge < -0.3 is 14.5 Å². The Bertz CT molecular complexity index is 553. The van der Waals surface area contributed by atoms with E-state index in [2.05, 4.69) is 9.97 Å². The fourth-order valence-corrected chi connectivity index (χ4v) is 2.90. The van der Waals surface area contributed by atoms with E-state index in [1.54, 1.807) is 11.0 Å². The summed E-state index contributed by atoms with van der Waals surface area (Å²) in [5.74, 6) is 0.575. The van der Waals surface area contributed by atoms with Crippen molar-refractivity contribution < 1.29 is 9.53 Å².